The molecule has 0 aliphatic heterocycles. The number of hydrogen-bond acceptors (Lipinski definition) is 3. The van der Waals surface area contributed by atoms with Gasteiger partial charge in [0.25, 0.3) is 0 Å². The van der Waals surface area contributed by atoms with Crippen LogP contribution in [-0.2, 0) is 7.05 Å². The maximum absolute atomic E-state index is 11.2. The van der Waals surface area contributed by atoms with E-state index in [-0.39, 0.29) is 0 Å². The second-order valence-corrected chi connectivity index (χ2v) is 5.45. The van der Waals surface area contributed by atoms with E-state index in [9.17, 15) is 4.79 Å². The molecule has 0 saturated heterocycles. The van der Waals surface area contributed by atoms with Crippen LogP contribution in [0, 0.1) is 12.8 Å². The third kappa shape index (κ3) is 2.57. The van der Waals surface area contributed by atoms with E-state index < -0.39 is 0 Å². The van der Waals surface area contributed by atoms with Crippen molar-refractivity contribution in [3.05, 3.63) is 11.3 Å². The molecule has 0 N–H and O–H groups in total. The van der Waals surface area contributed by atoms with Crippen molar-refractivity contribution in [1.29, 1.82) is 0 Å². The Balaban J connectivity index is 2.12. The summed E-state index contributed by atoms with van der Waals surface area (Å²) in [5.74, 6) is 1.71. The molecule has 0 radical (unpaired) electrons. The average molecular weight is 249 g/mol. The molecule has 1 aromatic heterocycles. The van der Waals surface area contributed by atoms with E-state index in [1.165, 1.54) is 32.1 Å². The van der Waals surface area contributed by atoms with Crippen LogP contribution >= 0.6 is 0 Å². The van der Waals surface area contributed by atoms with Crippen LogP contribution in [0.1, 0.15) is 48.2 Å². The van der Waals surface area contributed by atoms with E-state index in [0.29, 0.717) is 0 Å². The fourth-order valence-electron chi connectivity index (χ4n) is 3.10. The predicted molar refractivity (Wildman–Crippen MR) is 73.2 cm³/mol. The van der Waals surface area contributed by atoms with E-state index in [1.807, 2.05) is 18.7 Å². The van der Waals surface area contributed by atoms with Gasteiger partial charge in [0.15, 0.2) is 6.29 Å². The minimum Gasteiger partial charge on any atom is -0.359 e. The van der Waals surface area contributed by atoms with Crippen molar-refractivity contribution in [1.82, 2.24) is 9.78 Å². The molecule has 4 nitrogen and oxygen atoms in total. The van der Waals surface area contributed by atoms with Crippen molar-refractivity contribution in [2.75, 3.05) is 18.5 Å². The Bertz CT molecular complexity index is 419. The number of anilines is 1. The SMILES string of the molecule is Cc1nn(C)c(N(C)CC2CCCCC2)c1C=O. The van der Waals surface area contributed by atoms with Crippen LogP contribution in [0.4, 0.5) is 5.82 Å². The van der Waals surface area contributed by atoms with Gasteiger partial charge in [-0.15, -0.1) is 0 Å². The smallest absolute Gasteiger partial charge is 0.155 e. The Morgan fingerprint density at radius 1 is 1.39 bits per heavy atom. The number of aryl methyl sites for hydroxylation is 2. The van der Waals surface area contributed by atoms with Crippen molar-refractivity contribution < 1.29 is 4.79 Å². The monoisotopic (exact) mass is 249 g/mol. The molecule has 1 fully saturated rings. The zero-order valence-electron chi connectivity index (χ0n) is 11.6. The predicted octanol–water partition coefficient (Wildman–Crippen LogP) is 2.56. The van der Waals surface area contributed by atoms with Gasteiger partial charge in [-0.25, -0.2) is 0 Å². The lowest BCUT2D eigenvalue weighted by Crippen LogP contribution is -2.29. The van der Waals surface area contributed by atoms with Crippen molar-refractivity contribution in [3.63, 3.8) is 0 Å². The Morgan fingerprint density at radius 2 is 2.06 bits per heavy atom. The average Bonchev–Trinajstić information content (AvgIpc) is 2.64. The van der Waals surface area contributed by atoms with Gasteiger partial charge in [0.05, 0.1) is 11.3 Å². The minimum absolute atomic E-state index is 0.732. The van der Waals surface area contributed by atoms with Crippen molar-refractivity contribution in [2.45, 2.75) is 39.0 Å². The topological polar surface area (TPSA) is 38.1 Å². The van der Waals surface area contributed by atoms with E-state index in [2.05, 4.69) is 17.0 Å². The summed E-state index contributed by atoms with van der Waals surface area (Å²) >= 11 is 0. The Morgan fingerprint density at radius 3 is 2.67 bits per heavy atom. The highest BCUT2D eigenvalue weighted by molar-refractivity contribution is 5.84. The van der Waals surface area contributed by atoms with E-state index >= 15 is 0 Å². The molecular formula is C14H23N3O. The highest BCUT2D eigenvalue weighted by Gasteiger charge is 2.20. The summed E-state index contributed by atoms with van der Waals surface area (Å²) in [4.78, 5) is 13.4. The van der Waals surface area contributed by atoms with Crippen LogP contribution in [-0.4, -0.2) is 29.7 Å². The lowest BCUT2D eigenvalue weighted by Gasteiger charge is -2.28. The van der Waals surface area contributed by atoms with Gasteiger partial charge >= 0.3 is 0 Å². The van der Waals surface area contributed by atoms with Gasteiger partial charge in [-0.05, 0) is 25.7 Å². The van der Waals surface area contributed by atoms with Crippen LogP contribution in [0.15, 0.2) is 0 Å². The van der Waals surface area contributed by atoms with Crippen molar-refractivity contribution in [2.24, 2.45) is 13.0 Å². The molecule has 0 amide bonds. The first-order chi connectivity index (χ1) is 8.63. The summed E-state index contributed by atoms with van der Waals surface area (Å²) in [5, 5.41) is 4.34. The third-order valence-corrected chi connectivity index (χ3v) is 3.97. The number of aldehydes is 1. The quantitative estimate of drug-likeness (QED) is 0.770. The highest BCUT2D eigenvalue weighted by Crippen LogP contribution is 2.27. The highest BCUT2D eigenvalue weighted by atomic mass is 16.1. The first-order valence-corrected chi connectivity index (χ1v) is 6.83. The van der Waals surface area contributed by atoms with Crippen LogP contribution in [0.5, 0.6) is 0 Å². The van der Waals surface area contributed by atoms with Crippen LogP contribution in [0.25, 0.3) is 0 Å². The zero-order valence-corrected chi connectivity index (χ0v) is 11.6. The summed E-state index contributed by atoms with van der Waals surface area (Å²) in [6.07, 6.45) is 7.64. The molecule has 18 heavy (non-hydrogen) atoms. The molecule has 0 spiro atoms. The maximum Gasteiger partial charge on any atom is 0.155 e. The molecule has 1 aromatic rings. The fourth-order valence-corrected chi connectivity index (χ4v) is 3.10. The molecule has 4 heteroatoms. The Hall–Kier alpha value is -1.32. The molecular weight excluding hydrogens is 226 g/mol. The Labute approximate surface area is 109 Å². The number of hydrogen-bond donors (Lipinski definition) is 0. The summed E-state index contributed by atoms with van der Waals surface area (Å²) in [7, 11) is 3.98. The van der Waals surface area contributed by atoms with Crippen LogP contribution in [0.2, 0.25) is 0 Å². The number of rotatable bonds is 4. The van der Waals surface area contributed by atoms with Gasteiger partial charge in [0.1, 0.15) is 5.82 Å². The van der Waals surface area contributed by atoms with Crippen molar-refractivity contribution in [3.8, 4) is 0 Å². The molecule has 1 saturated carbocycles. The Kier molecular flexibility index (Phi) is 4.04. The molecule has 1 aliphatic rings. The second-order valence-electron chi connectivity index (χ2n) is 5.45. The molecule has 100 valence electrons. The summed E-state index contributed by atoms with van der Waals surface area (Å²) in [6, 6.07) is 0. The zero-order chi connectivity index (χ0) is 13.1. The largest absolute Gasteiger partial charge is 0.359 e. The molecule has 1 aliphatic carbocycles. The summed E-state index contributed by atoms with van der Waals surface area (Å²) in [6.45, 7) is 2.92. The summed E-state index contributed by atoms with van der Waals surface area (Å²) in [5.41, 5.74) is 1.55. The van der Waals surface area contributed by atoms with Crippen LogP contribution < -0.4 is 4.90 Å². The first-order valence-electron chi connectivity index (χ1n) is 6.83. The third-order valence-electron chi connectivity index (χ3n) is 3.97. The lowest BCUT2D eigenvalue weighted by atomic mass is 9.89. The molecule has 2 rings (SSSR count). The van der Waals surface area contributed by atoms with Crippen molar-refractivity contribution >= 4 is 12.1 Å². The summed E-state index contributed by atoms with van der Waals surface area (Å²) < 4.78 is 1.82. The number of nitrogens with zero attached hydrogens (tertiary/aromatic N) is 3. The van der Waals surface area contributed by atoms with E-state index in [0.717, 1.165) is 35.8 Å². The van der Waals surface area contributed by atoms with Gasteiger partial charge in [-0.2, -0.15) is 5.10 Å². The maximum atomic E-state index is 11.2. The molecule has 0 bridgehead atoms. The molecule has 0 unspecified atom stereocenters. The van der Waals surface area contributed by atoms with Gasteiger partial charge in [-0.1, -0.05) is 19.3 Å². The van der Waals surface area contributed by atoms with Crippen LogP contribution in [0.3, 0.4) is 0 Å². The van der Waals surface area contributed by atoms with E-state index in [4.69, 9.17) is 0 Å². The van der Waals surface area contributed by atoms with Gasteiger partial charge < -0.3 is 4.90 Å². The van der Waals surface area contributed by atoms with Gasteiger partial charge in [-0.3, -0.25) is 9.48 Å². The number of aromatic nitrogens is 2. The minimum atomic E-state index is 0.732. The fraction of sp³-hybridized carbons (Fsp3) is 0.714. The lowest BCUT2D eigenvalue weighted by molar-refractivity contribution is 0.112. The standard InChI is InChI=1S/C14H23N3O/c1-11-13(10-18)14(17(3)15-11)16(2)9-12-7-5-4-6-8-12/h10,12H,4-9H2,1-3H3. The van der Waals surface area contributed by atoms with E-state index in [1.54, 1.807) is 0 Å². The molecule has 0 atom stereocenters. The normalized spacial score (nSPS) is 16.8. The van der Waals surface area contributed by atoms with Gasteiger partial charge in [0.2, 0.25) is 0 Å². The second kappa shape index (κ2) is 5.55. The number of carbonyl (C=O) groups excluding carboxylic acids is 1. The number of carbonyl (C=O) groups is 1. The molecule has 0 aromatic carbocycles. The van der Waals surface area contributed by atoms with Gasteiger partial charge in [0, 0.05) is 20.6 Å². The molecule has 1 heterocycles. The first kappa shape index (κ1) is 13.1.